The highest BCUT2D eigenvalue weighted by Crippen LogP contribution is 2.53. The highest BCUT2D eigenvalue weighted by atomic mass is 16.3. The lowest BCUT2D eigenvalue weighted by Crippen LogP contribution is -2.28. The van der Waals surface area contributed by atoms with E-state index in [9.17, 15) is 15.3 Å². The van der Waals surface area contributed by atoms with Crippen LogP contribution in [0.15, 0.2) is 47.6 Å². The normalized spacial score (nSPS) is 40.6. The number of hydrogen-bond donors (Lipinski definition) is 3. The van der Waals surface area contributed by atoms with Gasteiger partial charge in [-0.3, -0.25) is 0 Å². The van der Waals surface area contributed by atoms with E-state index in [4.69, 9.17) is 0 Å². The summed E-state index contributed by atoms with van der Waals surface area (Å²) in [6.45, 7) is 12.9. The van der Waals surface area contributed by atoms with Crippen molar-refractivity contribution in [2.45, 2.75) is 78.4 Å². The molecule has 0 heterocycles. The van der Waals surface area contributed by atoms with Gasteiger partial charge in [-0.05, 0) is 74.2 Å². The molecule has 2 aliphatic carbocycles. The van der Waals surface area contributed by atoms with Crippen molar-refractivity contribution in [2.75, 3.05) is 6.61 Å². The van der Waals surface area contributed by atoms with Crippen molar-refractivity contribution in [1.82, 2.24) is 0 Å². The van der Waals surface area contributed by atoms with Gasteiger partial charge in [0.2, 0.25) is 0 Å². The summed E-state index contributed by atoms with van der Waals surface area (Å²) >= 11 is 0. The second kappa shape index (κ2) is 10.0. The summed E-state index contributed by atoms with van der Waals surface area (Å²) in [4.78, 5) is 0. The lowest BCUT2D eigenvalue weighted by Gasteiger charge is -2.34. The molecule has 3 N–H and O–H groups in total. The van der Waals surface area contributed by atoms with Crippen molar-refractivity contribution in [2.24, 2.45) is 23.2 Å². The molecule has 3 heteroatoms. The summed E-state index contributed by atoms with van der Waals surface area (Å²) in [6, 6.07) is 0. The number of aliphatic hydroxyl groups is 3. The van der Waals surface area contributed by atoms with Crippen LogP contribution in [-0.4, -0.2) is 34.1 Å². The van der Waals surface area contributed by atoms with Crippen LogP contribution in [0.5, 0.6) is 0 Å². The summed E-state index contributed by atoms with van der Waals surface area (Å²) < 4.78 is 0. The third kappa shape index (κ3) is 5.92. The Bertz CT molecular complexity index is 628. The molecule has 3 nitrogen and oxygen atoms in total. The monoisotopic (exact) mass is 388 g/mol. The van der Waals surface area contributed by atoms with Gasteiger partial charge in [-0.15, -0.1) is 0 Å². The van der Waals surface area contributed by atoms with Gasteiger partial charge in [0.15, 0.2) is 0 Å². The second-order valence-corrected chi connectivity index (χ2v) is 9.64. The molecule has 0 unspecified atom stereocenters. The van der Waals surface area contributed by atoms with Crippen LogP contribution in [0.2, 0.25) is 0 Å². The molecule has 0 spiro atoms. The minimum Gasteiger partial charge on any atom is -0.393 e. The molecule has 0 amide bonds. The fourth-order valence-electron chi connectivity index (χ4n) is 5.16. The zero-order valence-electron chi connectivity index (χ0n) is 18.2. The Morgan fingerprint density at radius 2 is 1.96 bits per heavy atom. The quantitative estimate of drug-likeness (QED) is 0.587. The van der Waals surface area contributed by atoms with Crippen molar-refractivity contribution in [3.63, 3.8) is 0 Å². The van der Waals surface area contributed by atoms with Gasteiger partial charge < -0.3 is 15.3 Å². The molecule has 0 radical (unpaired) electrons. The molecule has 1 fully saturated rings. The molecule has 0 aromatic carbocycles. The first-order valence-corrected chi connectivity index (χ1v) is 10.8. The number of fused-ring (bicyclic) bond motifs is 1. The number of hydrogen-bond acceptors (Lipinski definition) is 3. The van der Waals surface area contributed by atoms with Crippen molar-refractivity contribution in [3.8, 4) is 0 Å². The van der Waals surface area contributed by atoms with Crippen LogP contribution in [0.3, 0.4) is 0 Å². The van der Waals surface area contributed by atoms with Crippen LogP contribution in [0.25, 0.3) is 0 Å². The summed E-state index contributed by atoms with van der Waals surface area (Å²) in [5, 5.41) is 31.0. The van der Waals surface area contributed by atoms with Crippen LogP contribution in [0.1, 0.15) is 66.2 Å². The van der Waals surface area contributed by atoms with Crippen molar-refractivity contribution in [1.29, 1.82) is 0 Å². The molecule has 2 aliphatic rings. The summed E-state index contributed by atoms with van der Waals surface area (Å²) in [7, 11) is 0. The van der Waals surface area contributed by atoms with Crippen LogP contribution < -0.4 is 0 Å². The number of aliphatic hydroxyl groups excluding tert-OH is 3. The van der Waals surface area contributed by atoms with E-state index < -0.39 is 6.10 Å². The lowest BCUT2D eigenvalue weighted by atomic mass is 9.71. The second-order valence-electron chi connectivity index (χ2n) is 9.64. The molecule has 158 valence electrons. The van der Waals surface area contributed by atoms with Gasteiger partial charge >= 0.3 is 0 Å². The molecular weight excluding hydrogens is 348 g/mol. The molecular formula is C25H40O3. The minimum absolute atomic E-state index is 0.0128. The Hall–Kier alpha value is -1.16. The van der Waals surface area contributed by atoms with E-state index in [2.05, 4.69) is 39.5 Å². The van der Waals surface area contributed by atoms with Crippen LogP contribution in [0, 0.1) is 23.2 Å². The van der Waals surface area contributed by atoms with Gasteiger partial charge in [-0.2, -0.15) is 0 Å². The van der Waals surface area contributed by atoms with E-state index in [1.165, 1.54) is 11.1 Å². The largest absolute Gasteiger partial charge is 0.393 e. The minimum atomic E-state index is -0.599. The number of allylic oxidation sites excluding steroid dienone is 3. The average molecular weight is 389 g/mol. The van der Waals surface area contributed by atoms with Gasteiger partial charge in [0, 0.05) is 0 Å². The Balaban J connectivity index is 2.39. The lowest BCUT2D eigenvalue weighted by molar-refractivity contribution is 0.0967. The Kier molecular flexibility index (Phi) is 8.30. The fraction of sp³-hybridized carbons (Fsp3) is 0.680. The Morgan fingerprint density at radius 1 is 1.25 bits per heavy atom. The Labute approximate surface area is 171 Å². The first-order chi connectivity index (χ1) is 13.2. The fourth-order valence-corrected chi connectivity index (χ4v) is 5.16. The topological polar surface area (TPSA) is 60.7 Å². The predicted octanol–water partition coefficient (Wildman–Crippen LogP) is 4.95. The summed E-state index contributed by atoms with van der Waals surface area (Å²) in [6.07, 6.45) is 12.5. The molecule has 0 aliphatic heterocycles. The molecule has 0 aromatic heterocycles. The summed E-state index contributed by atoms with van der Waals surface area (Å²) in [5.41, 5.74) is 3.18. The molecule has 0 aromatic rings. The molecule has 28 heavy (non-hydrogen) atoms. The van der Waals surface area contributed by atoms with Gasteiger partial charge in [-0.1, -0.05) is 62.8 Å². The summed E-state index contributed by atoms with van der Waals surface area (Å²) in [5.74, 6) is 0.835. The van der Waals surface area contributed by atoms with Crippen LogP contribution in [-0.2, 0) is 0 Å². The van der Waals surface area contributed by atoms with E-state index >= 15 is 0 Å². The van der Waals surface area contributed by atoms with Crippen molar-refractivity contribution in [3.05, 3.63) is 47.6 Å². The third-order valence-electron chi connectivity index (χ3n) is 6.79. The van der Waals surface area contributed by atoms with Gasteiger partial charge in [0.1, 0.15) is 0 Å². The average Bonchev–Trinajstić information content (AvgIpc) is 2.86. The maximum absolute atomic E-state index is 10.8. The standard InChI is InChI=1S/C25H40O3/c1-17(2)24-22-10-9-20(16-26)14-21(27)13-19(4)8-6-7-18(3)11-12-25(22,5)15-23(24)28/h8-10,14,17,21-24,26-28H,3,6-7,11-13,15-16H2,1-2,4-5H3/b10-9-,19-8+,20-14-/t21-,22+,23+,24+,25+/m0/s1. The van der Waals surface area contributed by atoms with E-state index in [0.717, 1.165) is 37.7 Å². The zero-order chi connectivity index (χ0) is 20.9. The Morgan fingerprint density at radius 3 is 2.61 bits per heavy atom. The molecule has 0 bridgehead atoms. The molecule has 1 saturated carbocycles. The van der Waals surface area contributed by atoms with Crippen LogP contribution in [0.4, 0.5) is 0 Å². The maximum atomic E-state index is 10.8. The van der Waals surface area contributed by atoms with E-state index in [1.54, 1.807) is 6.08 Å². The SMILES string of the molecule is C=C1CC/C=C(\C)C[C@H](O)/C=C(CO)/C=C\[C@@H]2[C@@H](C(C)C)[C@H](O)C[C@@]2(C)CC1. The van der Waals surface area contributed by atoms with E-state index in [1.807, 2.05) is 13.0 Å². The van der Waals surface area contributed by atoms with Crippen molar-refractivity contribution >= 4 is 0 Å². The number of rotatable bonds is 2. The maximum Gasteiger partial charge on any atom is 0.0764 e. The van der Waals surface area contributed by atoms with E-state index in [0.29, 0.717) is 12.3 Å². The predicted molar refractivity (Wildman–Crippen MR) is 117 cm³/mol. The zero-order valence-corrected chi connectivity index (χ0v) is 18.2. The van der Waals surface area contributed by atoms with Gasteiger partial charge in [0.05, 0.1) is 18.8 Å². The smallest absolute Gasteiger partial charge is 0.0764 e. The highest BCUT2D eigenvalue weighted by Gasteiger charge is 2.49. The highest BCUT2D eigenvalue weighted by molar-refractivity contribution is 5.24. The molecule has 5 atom stereocenters. The first kappa shape index (κ1) is 23.1. The first-order valence-electron chi connectivity index (χ1n) is 10.8. The molecule has 0 saturated heterocycles. The third-order valence-corrected chi connectivity index (χ3v) is 6.79. The van der Waals surface area contributed by atoms with Gasteiger partial charge in [-0.25, -0.2) is 0 Å². The van der Waals surface area contributed by atoms with E-state index in [-0.39, 0.29) is 30.0 Å². The van der Waals surface area contributed by atoms with Crippen molar-refractivity contribution < 1.29 is 15.3 Å². The van der Waals surface area contributed by atoms with Crippen LogP contribution >= 0.6 is 0 Å². The van der Waals surface area contributed by atoms with Gasteiger partial charge in [0.25, 0.3) is 0 Å². The molecule has 2 rings (SSSR count).